The second-order valence-electron chi connectivity index (χ2n) is 7.61. The average Bonchev–Trinajstić information content (AvgIpc) is 3.53. The summed E-state index contributed by atoms with van der Waals surface area (Å²) >= 11 is 4.68. The predicted molar refractivity (Wildman–Crippen MR) is 134 cm³/mol. The molecule has 0 saturated carbocycles. The van der Waals surface area contributed by atoms with Crippen LogP contribution < -0.4 is 10.6 Å². The number of fused-ring (bicyclic) bond motifs is 2. The van der Waals surface area contributed by atoms with Crippen LogP contribution in [0.5, 0.6) is 0 Å². The van der Waals surface area contributed by atoms with Gasteiger partial charge in [-0.05, 0) is 29.8 Å². The van der Waals surface area contributed by atoms with Crippen molar-refractivity contribution in [1.29, 1.82) is 0 Å². The summed E-state index contributed by atoms with van der Waals surface area (Å²) in [5, 5.41) is 10.3. The molecule has 7 nitrogen and oxygen atoms in total. The topological polar surface area (TPSA) is 88.9 Å². The molecule has 1 aliphatic rings. The highest BCUT2D eigenvalue weighted by atomic mass is 32.2. The Kier molecular flexibility index (Phi) is 6.84. The number of rotatable bonds is 8. The van der Waals surface area contributed by atoms with Crippen LogP contribution in [0.3, 0.4) is 0 Å². The zero-order valence-corrected chi connectivity index (χ0v) is 20.4. The molecule has 174 valence electrons. The lowest BCUT2D eigenvalue weighted by Crippen LogP contribution is -2.29. The molecule has 0 spiro atoms. The molecule has 0 aliphatic carbocycles. The first-order chi connectivity index (χ1) is 16.5. The summed E-state index contributed by atoms with van der Waals surface area (Å²) in [7, 11) is 0. The van der Waals surface area contributed by atoms with Gasteiger partial charge in [0, 0.05) is 23.6 Å². The second-order valence-corrected chi connectivity index (χ2v) is 10.9. The molecular formula is C23H20FN5O2S3. The first-order valence-electron chi connectivity index (χ1n) is 10.5. The number of amides is 2. The number of thiazole rings is 1. The molecular weight excluding hydrogens is 493 g/mol. The van der Waals surface area contributed by atoms with Crippen LogP contribution in [0.4, 0.5) is 10.2 Å². The predicted octanol–water partition coefficient (Wildman–Crippen LogP) is 4.43. The Morgan fingerprint density at radius 3 is 2.74 bits per heavy atom. The molecule has 1 aliphatic heterocycles. The van der Waals surface area contributed by atoms with Crippen molar-refractivity contribution >= 4 is 62.7 Å². The normalized spacial score (nSPS) is 12.6. The van der Waals surface area contributed by atoms with Crippen LogP contribution in [0.25, 0.3) is 10.2 Å². The highest BCUT2D eigenvalue weighted by molar-refractivity contribution is 8.01. The van der Waals surface area contributed by atoms with Crippen molar-refractivity contribution in [2.24, 2.45) is 0 Å². The Labute approximate surface area is 207 Å². The van der Waals surface area contributed by atoms with Gasteiger partial charge in [-0.1, -0.05) is 36.0 Å². The summed E-state index contributed by atoms with van der Waals surface area (Å²) in [5.74, 6) is 1.56. The summed E-state index contributed by atoms with van der Waals surface area (Å²) < 4.78 is 16.5. The van der Waals surface area contributed by atoms with Crippen LogP contribution in [0.15, 0.2) is 52.9 Å². The van der Waals surface area contributed by atoms with E-state index < -0.39 is 0 Å². The van der Waals surface area contributed by atoms with Gasteiger partial charge < -0.3 is 10.6 Å². The lowest BCUT2D eigenvalue weighted by atomic mass is 10.2. The van der Waals surface area contributed by atoms with Gasteiger partial charge in [-0.15, -0.1) is 11.3 Å². The number of anilines is 1. The Balaban J connectivity index is 1.22. The van der Waals surface area contributed by atoms with E-state index in [1.807, 2.05) is 24.3 Å². The van der Waals surface area contributed by atoms with Gasteiger partial charge in [0.05, 0.1) is 21.7 Å². The third kappa shape index (κ3) is 5.26. The van der Waals surface area contributed by atoms with Crippen LogP contribution in [-0.4, -0.2) is 32.3 Å². The van der Waals surface area contributed by atoms with Crippen molar-refractivity contribution in [2.45, 2.75) is 28.9 Å². The van der Waals surface area contributed by atoms with Crippen molar-refractivity contribution in [3.63, 3.8) is 0 Å². The maximum Gasteiger partial charge on any atom is 0.242 e. The second kappa shape index (κ2) is 10.2. The fourth-order valence-electron chi connectivity index (χ4n) is 3.52. The molecule has 2 N–H and O–H groups in total. The number of nitrogens with one attached hydrogen (secondary N) is 2. The SMILES string of the molecule is O=C(Cn1nc2c(c1NC(=O)CSc1nc3ccccc3s1)CSC2)NCc1ccc(F)cc1. The third-order valence-electron chi connectivity index (χ3n) is 5.17. The van der Waals surface area contributed by atoms with Gasteiger partial charge in [0.15, 0.2) is 4.34 Å². The van der Waals surface area contributed by atoms with Gasteiger partial charge in [0.1, 0.15) is 18.2 Å². The molecule has 2 amide bonds. The number of benzene rings is 2. The lowest BCUT2D eigenvalue weighted by molar-refractivity contribution is -0.122. The summed E-state index contributed by atoms with van der Waals surface area (Å²) in [6.45, 7) is 0.274. The molecule has 0 bridgehead atoms. The molecule has 0 fully saturated rings. The molecule has 2 aromatic carbocycles. The Morgan fingerprint density at radius 1 is 1.09 bits per heavy atom. The number of aromatic nitrogens is 3. The number of carbonyl (C=O) groups is 2. The van der Waals surface area contributed by atoms with Gasteiger partial charge in [-0.25, -0.2) is 14.1 Å². The van der Waals surface area contributed by atoms with Crippen LogP contribution in [0.2, 0.25) is 0 Å². The van der Waals surface area contributed by atoms with Crippen LogP contribution >= 0.6 is 34.9 Å². The van der Waals surface area contributed by atoms with Gasteiger partial charge in [0.2, 0.25) is 11.8 Å². The zero-order chi connectivity index (χ0) is 23.5. The van der Waals surface area contributed by atoms with Gasteiger partial charge in [-0.2, -0.15) is 16.9 Å². The molecule has 2 aromatic heterocycles. The van der Waals surface area contributed by atoms with Crippen molar-refractivity contribution in [1.82, 2.24) is 20.1 Å². The molecule has 11 heteroatoms. The molecule has 4 aromatic rings. The summed E-state index contributed by atoms with van der Waals surface area (Å²) in [5.41, 5.74) is 3.59. The van der Waals surface area contributed by atoms with Gasteiger partial charge in [0.25, 0.3) is 0 Å². The number of hydrogen-bond donors (Lipinski definition) is 2. The minimum atomic E-state index is -0.319. The maximum absolute atomic E-state index is 13.1. The monoisotopic (exact) mass is 513 g/mol. The fraction of sp³-hybridized carbons (Fsp3) is 0.217. The number of para-hydroxylation sites is 1. The Hall–Kier alpha value is -2.89. The summed E-state index contributed by atoms with van der Waals surface area (Å²) in [6, 6.07) is 13.9. The molecule has 34 heavy (non-hydrogen) atoms. The molecule has 3 heterocycles. The van der Waals surface area contributed by atoms with E-state index in [4.69, 9.17) is 0 Å². The van der Waals surface area contributed by atoms with Crippen molar-refractivity contribution in [3.05, 3.63) is 71.2 Å². The first kappa shape index (κ1) is 22.9. The number of thioether (sulfide) groups is 2. The van der Waals surface area contributed by atoms with Crippen LogP contribution in [0, 0.1) is 5.82 Å². The molecule has 0 atom stereocenters. The van der Waals surface area contributed by atoms with Gasteiger partial charge >= 0.3 is 0 Å². The third-order valence-corrected chi connectivity index (χ3v) is 8.32. The van der Waals surface area contributed by atoms with Gasteiger partial charge in [-0.3, -0.25) is 9.59 Å². The van der Waals surface area contributed by atoms with Crippen molar-refractivity contribution < 1.29 is 14.0 Å². The standard InChI is InChI=1S/C23H20FN5O2S3/c24-15-7-5-14(6-8-15)9-25-20(30)10-29-22(16-11-32-12-18(16)28-29)27-21(31)13-33-23-26-17-3-1-2-4-19(17)34-23/h1-8H,9-13H2,(H,25,30)(H,27,31). The number of hydrogen-bond acceptors (Lipinski definition) is 7. The Bertz CT molecular complexity index is 1320. The van der Waals surface area contributed by atoms with Crippen molar-refractivity contribution in [2.75, 3.05) is 11.1 Å². The molecule has 0 radical (unpaired) electrons. The zero-order valence-electron chi connectivity index (χ0n) is 17.9. The van der Waals surface area contributed by atoms with Crippen LogP contribution in [0.1, 0.15) is 16.8 Å². The Morgan fingerprint density at radius 2 is 1.91 bits per heavy atom. The number of halogens is 1. The first-order valence-corrected chi connectivity index (χ1v) is 13.5. The minimum Gasteiger partial charge on any atom is -0.350 e. The largest absolute Gasteiger partial charge is 0.350 e. The average molecular weight is 514 g/mol. The fourth-order valence-corrected chi connectivity index (χ4v) is 6.43. The van der Waals surface area contributed by atoms with E-state index >= 15 is 0 Å². The van der Waals surface area contributed by atoms with Crippen molar-refractivity contribution in [3.8, 4) is 0 Å². The minimum absolute atomic E-state index is 0.0144. The van der Waals surface area contributed by atoms with E-state index in [-0.39, 0.29) is 36.5 Å². The highest BCUT2D eigenvalue weighted by Crippen LogP contribution is 2.35. The van der Waals surface area contributed by atoms with E-state index in [1.54, 1.807) is 39.9 Å². The van der Waals surface area contributed by atoms with E-state index in [0.717, 1.165) is 42.9 Å². The molecule has 0 unspecified atom stereocenters. The molecule has 5 rings (SSSR count). The highest BCUT2D eigenvalue weighted by Gasteiger charge is 2.25. The van der Waals surface area contributed by atoms with E-state index in [0.29, 0.717) is 5.82 Å². The lowest BCUT2D eigenvalue weighted by Gasteiger charge is -2.11. The number of nitrogens with zero attached hydrogens (tertiary/aromatic N) is 3. The van der Waals surface area contributed by atoms with E-state index in [9.17, 15) is 14.0 Å². The van der Waals surface area contributed by atoms with E-state index in [1.165, 1.54) is 23.9 Å². The number of carbonyl (C=O) groups excluding carboxylic acids is 2. The van der Waals surface area contributed by atoms with E-state index in [2.05, 4.69) is 20.7 Å². The summed E-state index contributed by atoms with van der Waals surface area (Å²) in [6.07, 6.45) is 0. The summed E-state index contributed by atoms with van der Waals surface area (Å²) in [4.78, 5) is 29.8. The quantitative estimate of drug-likeness (QED) is 0.339. The maximum atomic E-state index is 13.1. The molecule has 0 saturated heterocycles. The van der Waals surface area contributed by atoms with Crippen LogP contribution in [-0.2, 0) is 34.2 Å². The smallest absolute Gasteiger partial charge is 0.242 e.